The average Bonchev–Trinajstić information content (AvgIpc) is 2.99. The van der Waals surface area contributed by atoms with Gasteiger partial charge in [0, 0.05) is 0 Å². The van der Waals surface area contributed by atoms with Crippen LogP contribution in [0, 0.1) is 11.3 Å². The molecule has 3 nitrogen and oxygen atoms in total. The Bertz CT molecular complexity index is 402. The second kappa shape index (κ2) is 2.91. The Kier molecular flexibility index (Phi) is 1.85. The molecule has 3 heteroatoms. The number of rotatable bonds is 2. The molecule has 1 aliphatic rings. The van der Waals surface area contributed by atoms with E-state index in [1.54, 1.807) is 13.2 Å². The third kappa shape index (κ3) is 1.20. The molecule has 2 rings (SSSR count). The van der Waals surface area contributed by atoms with E-state index in [1.165, 1.54) is 0 Å². The summed E-state index contributed by atoms with van der Waals surface area (Å²) < 4.78 is 5.12. The van der Waals surface area contributed by atoms with Crippen molar-refractivity contribution in [3.8, 4) is 11.8 Å². The lowest BCUT2D eigenvalue weighted by Crippen LogP contribution is -2.03. The SMILES string of the molecule is COc1cc(C2(C#N)CC2)ccc1N. The van der Waals surface area contributed by atoms with Crippen molar-refractivity contribution in [3.05, 3.63) is 23.8 Å². The Hall–Kier alpha value is -1.69. The van der Waals surface area contributed by atoms with Gasteiger partial charge >= 0.3 is 0 Å². The molecule has 1 aromatic rings. The lowest BCUT2D eigenvalue weighted by Gasteiger charge is -2.10. The summed E-state index contributed by atoms with van der Waals surface area (Å²) in [6.07, 6.45) is 1.88. The Morgan fingerprint density at radius 1 is 1.50 bits per heavy atom. The van der Waals surface area contributed by atoms with Gasteiger partial charge in [0.1, 0.15) is 5.75 Å². The molecule has 0 bridgehead atoms. The van der Waals surface area contributed by atoms with E-state index in [0.717, 1.165) is 18.4 Å². The van der Waals surface area contributed by atoms with E-state index in [9.17, 15) is 0 Å². The maximum absolute atomic E-state index is 9.02. The number of hydrogen-bond donors (Lipinski definition) is 1. The van der Waals surface area contributed by atoms with E-state index in [1.807, 2.05) is 12.1 Å². The molecule has 72 valence electrons. The third-order valence-electron chi connectivity index (χ3n) is 2.75. The van der Waals surface area contributed by atoms with Crippen LogP contribution in [0.25, 0.3) is 0 Å². The molecule has 14 heavy (non-hydrogen) atoms. The zero-order chi connectivity index (χ0) is 10.2. The average molecular weight is 188 g/mol. The first kappa shape index (κ1) is 8.89. The summed E-state index contributed by atoms with van der Waals surface area (Å²) in [5.41, 5.74) is 7.07. The molecule has 0 aromatic heterocycles. The van der Waals surface area contributed by atoms with Gasteiger partial charge in [-0.15, -0.1) is 0 Å². The van der Waals surface area contributed by atoms with Gasteiger partial charge in [0.05, 0.1) is 24.3 Å². The van der Waals surface area contributed by atoms with Crippen molar-refractivity contribution < 1.29 is 4.74 Å². The highest BCUT2D eigenvalue weighted by atomic mass is 16.5. The summed E-state index contributed by atoms with van der Waals surface area (Å²) >= 11 is 0. The summed E-state index contributed by atoms with van der Waals surface area (Å²) in [6, 6.07) is 7.92. The maximum Gasteiger partial charge on any atom is 0.142 e. The van der Waals surface area contributed by atoms with Gasteiger partial charge in [-0.25, -0.2) is 0 Å². The molecule has 0 spiro atoms. The van der Waals surface area contributed by atoms with Crippen molar-refractivity contribution in [2.75, 3.05) is 12.8 Å². The van der Waals surface area contributed by atoms with E-state index >= 15 is 0 Å². The first-order chi connectivity index (χ1) is 6.72. The Balaban J connectivity index is 2.42. The molecule has 0 aliphatic heterocycles. The predicted molar refractivity (Wildman–Crippen MR) is 53.9 cm³/mol. The standard InChI is InChI=1S/C11H12N2O/c1-14-10-6-8(2-3-9(10)13)11(7-12)4-5-11/h2-3,6H,4-5,13H2,1H3. The van der Waals surface area contributed by atoms with Crippen LogP contribution in [0.2, 0.25) is 0 Å². The van der Waals surface area contributed by atoms with Crippen molar-refractivity contribution in [2.45, 2.75) is 18.3 Å². The summed E-state index contributed by atoms with van der Waals surface area (Å²) in [5.74, 6) is 0.657. The fraction of sp³-hybridized carbons (Fsp3) is 0.364. The zero-order valence-corrected chi connectivity index (χ0v) is 8.08. The van der Waals surface area contributed by atoms with Gasteiger partial charge in [-0.3, -0.25) is 0 Å². The second-order valence-corrected chi connectivity index (χ2v) is 3.65. The van der Waals surface area contributed by atoms with Gasteiger partial charge < -0.3 is 10.5 Å². The number of ether oxygens (including phenoxy) is 1. The van der Waals surface area contributed by atoms with E-state index in [2.05, 4.69) is 6.07 Å². The van der Waals surface area contributed by atoms with Crippen LogP contribution in [0.3, 0.4) is 0 Å². The first-order valence-corrected chi connectivity index (χ1v) is 4.57. The van der Waals surface area contributed by atoms with E-state index in [-0.39, 0.29) is 5.41 Å². The van der Waals surface area contributed by atoms with Crippen molar-refractivity contribution in [2.24, 2.45) is 0 Å². The van der Waals surface area contributed by atoms with Crippen LogP contribution in [0.15, 0.2) is 18.2 Å². The quantitative estimate of drug-likeness (QED) is 0.720. The molecular weight excluding hydrogens is 176 g/mol. The Morgan fingerprint density at radius 3 is 2.71 bits per heavy atom. The van der Waals surface area contributed by atoms with Crippen molar-refractivity contribution in [1.29, 1.82) is 5.26 Å². The number of nitrogen functional groups attached to an aromatic ring is 1. The second-order valence-electron chi connectivity index (χ2n) is 3.65. The van der Waals surface area contributed by atoms with Crippen LogP contribution in [0.1, 0.15) is 18.4 Å². The topological polar surface area (TPSA) is 59.0 Å². The molecule has 1 fully saturated rings. The highest BCUT2D eigenvalue weighted by Crippen LogP contribution is 2.48. The van der Waals surface area contributed by atoms with Crippen LogP contribution in [-0.2, 0) is 5.41 Å². The number of benzene rings is 1. The number of nitrogens with zero attached hydrogens (tertiary/aromatic N) is 1. The van der Waals surface area contributed by atoms with Gasteiger partial charge in [-0.1, -0.05) is 6.07 Å². The summed E-state index contributed by atoms with van der Waals surface area (Å²) in [4.78, 5) is 0. The van der Waals surface area contributed by atoms with Crippen LogP contribution in [-0.4, -0.2) is 7.11 Å². The highest BCUT2D eigenvalue weighted by Gasteiger charge is 2.45. The normalized spacial score (nSPS) is 17.1. The first-order valence-electron chi connectivity index (χ1n) is 4.57. The van der Waals surface area contributed by atoms with Gasteiger partial charge in [0.2, 0.25) is 0 Å². The lowest BCUT2D eigenvalue weighted by atomic mass is 9.97. The fourth-order valence-electron chi connectivity index (χ4n) is 1.60. The molecule has 0 radical (unpaired) electrons. The van der Waals surface area contributed by atoms with Crippen molar-refractivity contribution >= 4 is 5.69 Å². The summed E-state index contributed by atoms with van der Waals surface area (Å²) in [6.45, 7) is 0. The number of nitrogens with two attached hydrogens (primary N) is 1. The van der Waals surface area contributed by atoms with Crippen LogP contribution >= 0.6 is 0 Å². The smallest absolute Gasteiger partial charge is 0.142 e. The summed E-state index contributed by atoms with van der Waals surface area (Å²) in [5, 5.41) is 9.02. The minimum absolute atomic E-state index is 0.263. The summed E-state index contributed by atoms with van der Waals surface area (Å²) in [7, 11) is 1.58. The molecule has 0 unspecified atom stereocenters. The van der Waals surface area contributed by atoms with Crippen molar-refractivity contribution in [1.82, 2.24) is 0 Å². The monoisotopic (exact) mass is 188 g/mol. The molecule has 1 saturated carbocycles. The van der Waals surface area contributed by atoms with Gasteiger partial charge in [-0.2, -0.15) is 5.26 Å². The van der Waals surface area contributed by atoms with Crippen LogP contribution in [0.4, 0.5) is 5.69 Å². The minimum Gasteiger partial charge on any atom is -0.495 e. The van der Waals surface area contributed by atoms with Gasteiger partial charge in [-0.05, 0) is 30.5 Å². The number of anilines is 1. The fourth-order valence-corrected chi connectivity index (χ4v) is 1.60. The van der Waals surface area contributed by atoms with E-state index in [0.29, 0.717) is 11.4 Å². The van der Waals surface area contributed by atoms with Crippen LogP contribution < -0.4 is 10.5 Å². The van der Waals surface area contributed by atoms with Gasteiger partial charge in [0.15, 0.2) is 0 Å². The van der Waals surface area contributed by atoms with E-state index < -0.39 is 0 Å². The zero-order valence-electron chi connectivity index (χ0n) is 8.08. The Morgan fingerprint density at radius 2 is 2.21 bits per heavy atom. The number of methoxy groups -OCH3 is 1. The van der Waals surface area contributed by atoms with E-state index in [4.69, 9.17) is 15.7 Å². The third-order valence-corrected chi connectivity index (χ3v) is 2.75. The molecule has 0 heterocycles. The lowest BCUT2D eigenvalue weighted by molar-refractivity contribution is 0.416. The maximum atomic E-state index is 9.02. The van der Waals surface area contributed by atoms with Crippen LogP contribution in [0.5, 0.6) is 5.75 Å². The molecule has 0 saturated heterocycles. The molecule has 0 atom stereocenters. The largest absolute Gasteiger partial charge is 0.495 e. The highest BCUT2D eigenvalue weighted by molar-refractivity contribution is 5.56. The van der Waals surface area contributed by atoms with Crippen molar-refractivity contribution in [3.63, 3.8) is 0 Å². The predicted octanol–water partition coefficient (Wildman–Crippen LogP) is 1.83. The molecule has 0 amide bonds. The minimum atomic E-state index is -0.263. The number of hydrogen-bond acceptors (Lipinski definition) is 3. The van der Waals surface area contributed by atoms with Gasteiger partial charge in [0.25, 0.3) is 0 Å². The molecular formula is C11H12N2O. The molecule has 1 aliphatic carbocycles. The number of nitriles is 1. The molecule has 1 aromatic carbocycles. The Labute approximate surface area is 83.1 Å². The molecule has 2 N–H and O–H groups in total.